The van der Waals surface area contributed by atoms with E-state index in [1.165, 1.54) is 0 Å². The first-order chi connectivity index (χ1) is 14.5. The standard InChI is InChI=1S/C22H24N4O4/c1-15(26-11-5-10-23-26)22(28)25-18-7-4-6-17(13-18)24-21(27)12-16-8-9-19(29-2)14-20(16)30-3/h4-11,13-15H,12H2,1-3H3,(H,24,27)(H,25,28). The summed E-state index contributed by atoms with van der Waals surface area (Å²) in [5.41, 5.74) is 1.91. The normalized spacial score (nSPS) is 11.4. The smallest absolute Gasteiger partial charge is 0.248 e. The van der Waals surface area contributed by atoms with Crippen molar-refractivity contribution in [1.29, 1.82) is 0 Å². The molecule has 0 spiro atoms. The number of nitrogens with one attached hydrogen (secondary N) is 2. The number of hydrogen-bond acceptors (Lipinski definition) is 5. The number of benzene rings is 2. The van der Waals surface area contributed by atoms with Crippen molar-refractivity contribution in [2.75, 3.05) is 24.9 Å². The second-order valence-corrected chi connectivity index (χ2v) is 6.63. The van der Waals surface area contributed by atoms with Crippen LogP contribution in [-0.4, -0.2) is 35.8 Å². The Morgan fingerprint density at radius 2 is 1.80 bits per heavy atom. The van der Waals surface area contributed by atoms with Crippen molar-refractivity contribution >= 4 is 23.2 Å². The van der Waals surface area contributed by atoms with Gasteiger partial charge in [-0.25, -0.2) is 0 Å². The van der Waals surface area contributed by atoms with Gasteiger partial charge in [0.25, 0.3) is 0 Å². The second kappa shape index (κ2) is 9.60. The Balaban J connectivity index is 1.63. The first-order valence-corrected chi connectivity index (χ1v) is 9.41. The van der Waals surface area contributed by atoms with Gasteiger partial charge in [0.05, 0.1) is 20.6 Å². The van der Waals surface area contributed by atoms with E-state index < -0.39 is 6.04 Å². The molecule has 156 valence electrons. The minimum atomic E-state index is -0.458. The summed E-state index contributed by atoms with van der Waals surface area (Å²) in [6.45, 7) is 1.76. The average molecular weight is 408 g/mol. The molecule has 0 aliphatic carbocycles. The molecular weight excluding hydrogens is 384 g/mol. The number of methoxy groups -OCH3 is 2. The number of carbonyl (C=O) groups excluding carboxylic acids is 2. The van der Waals surface area contributed by atoms with Crippen LogP contribution in [0.2, 0.25) is 0 Å². The predicted octanol–water partition coefficient (Wildman–Crippen LogP) is 3.28. The maximum atomic E-state index is 12.5. The van der Waals surface area contributed by atoms with E-state index in [1.54, 1.807) is 86.7 Å². The lowest BCUT2D eigenvalue weighted by molar-refractivity contribution is -0.119. The molecule has 0 aliphatic heterocycles. The number of aromatic nitrogens is 2. The zero-order valence-electron chi connectivity index (χ0n) is 17.1. The highest BCUT2D eigenvalue weighted by atomic mass is 16.5. The van der Waals surface area contributed by atoms with E-state index in [4.69, 9.17) is 9.47 Å². The third-order valence-electron chi connectivity index (χ3n) is 4.56. The predicted molar refractivity (Wildman–Crippen MR) is 114 cm³/mol. The highest BCUT2D eigenvalue weighted by molar-refractivity contribution is 5.96. The molecule has 1 unspecified atom stereocenters. The monoisotopic (exact) mass is 408 g/mol. The van der Waals surface area contributed by atoms with Gasteiger partial charge >= 0.3 is 0 Å². The lowest BCUT2D eigenvalue weighted by Crippen LogP contribution is -2.24. The first-order valence-electron chi connectivity index (χ1n) is 9.41. The minimum absolute atomic E-state index is 0.139. The summed E-state index contributed by atoms with van der Waals surface area (Å²) in [6, 6.07) is 13.6. The van der Waals surface area contributed by atoms with Gasteiger partial charge in [0, 0.05) is 35.4 Å². The van der Waals surface area contributed by atoms with Crippen molar-refractivity contribution in [3.8, 4) is 11.5 Å². The highest BCUT2D eigenvalue weighted by Crippen LogP contribution is 2.25. The zero-order chi connectivity index (χ0) is 21.5. The van der Waals surface area contributed by atoms with E-state index >= 15 is 0 Å². The van der Waals surface area contributed by atoms with Gasteiger partial charge in [0.1, 0.15) is 17.5 Å². The van der Waals surface area contributed by atoms with Gasteiger partial charge in [-0.3, -0.25) is 14.3 Å². The van der Waals surface area contributed by atoms with Gasteiger partial charge in [0.2, 0.25) is 11.8 Å². The quantitative estimate of drug-likeness (QED) is 0.597. The summed E-state index contributed by atoms with van der Waals surface area (Å²) in [6.07, 6.45) is 3.49. The molecule has 0 radical (unpaired) electrons. The van der Waals surface area contributed by atoms with Crippen molar-refractivity contribution in [2.45, 2.75) is 19.4 Å². The van der Waals surface area contributed by atoms with Gasteiger partial charge < -0.3 is 20.1 Å². The Labute approximate surface area is 174 Å². The Hall–Kier alpha value is -3.81. The largest absolute Gasteiger partial charge is 0.497 e. The number of hydrogen-bond donors (Lipinski definition) is 2. The van der Waals surface area contributed by atoms with E-state index in [1.807, 2.05) is 0 Å². The van der Waals surface area contributed by atoms with Crippen LogP contribution in [0.25, 0.3) is 0 Å². The van der Waals surface area contributed by atoms with Gasteiger partial charge in [-0.15, -0.1) is 0 Å². The summed E-state index contributed by atoms with van der Waals surface area (Å²) in [5.74, 6) is 0.832. The first kappa shape index (κ1) is 20.9. The van der Waals surface area contributed by atoms with E-state index in [9.17, 15) is 9.59 Å². The molecule has 2 amide bonds. The number of nitrogens with zero attached hydrogens (tertiary/aromatic N) is 2. The molecule has 3 aromatic rings. The van der Waals surface area contributed by atoms with E-state index in [-0.39, 0.29) is 18.2 Å². The second-order valence-electron chi connectivity index (χ2n) is 6.63. The van der Waals surface area contributed by atoms with Crippen LogP contribution >= 0.6 is 0 Å². The van der Waals surface area contributed by atoms with Gasteiger partial charge in [0.15, 0.2) is 0 Å². The molecule has 0 fully saturated rings. The fourth-order valence-corrected chi connectivity index (χ4v) is 2.93. The Bertz CT molecular complexity index is 1020. The van der Waals surface area contributed by atoms with E-state index in [0.717, 1.165) is 5.56 Å². The van der Waals surface area contributed by atoms with Crippen LogP contribution in [0.1, 0.15) is 18.5 Å². The van der Waals surface area contributed by atoms with Gasteiger partial charge in [-0.1, -0.05) is 12.1 Å². The SMILES string of the molecule is COc1ccc(CC(=O)Nc2cccc(NC(=O)C(C)n3cccn3)c2)c(OC)c1. The van der Waals surface area contributed by atoms with Crippen LogP contribution in [0.5, 0.6) is 11.5 Å². The van der Waals surface area contributed by atoms with Crippen molar-refractivity contribution in [3.05, 3.63) is 66.5 Å². The van der Waals surface area contributed by atoms with Crippen LogP contribution in [0, 0.1) is 0 Å². The minimum Gasteiger partial charge on any atom is -0.497 e. The van der Waals surface area contributed by atoms with E-state index in [0.29, 0.717) is 22.9 Å². The Morgan fingerprint density at radius 3 is 2.47 bits per heavy atom. The number of carbonyl (C=O) groups is 2. The Morgan fingerprint density at radius 1 is 1.03 bits per heavy atom. The Kier molecular flexibility index (Phi) is 6.69. The lowest BCUT2D eigenvalue weighted by atomic mass is 10.1. The zero-order valence-corrected chi connectivity index (χ0v) is 17.1. The van der Waals surface area contributed by atoms with Crippen LogP contribution in [0.4, 0.5) is 11.4 Å². The molecular formula is C22H24N4O4. The van der Waals surface area contributed by atoms with Gasteiger partial charge in [-0.2, -0.15) is 5.10 Å². The van der Waals surface area contributed by atoms with E-state index in [2.05, 4.69) is 15.7 Å². The number of amides is 2. The number of rotatable bonds is 8. The molecule has 1 aromatic heterocycles. The topological polar surface area (TPSA) is 94.5 Å². The molecule has 1 atom stereocenters. The number of ether oxygens (including phenoxy) is 2. The van der Waals surface area contributed by atoms with Crippen molar-refractivity contribution in [2.24, 2.45) is 0 Å². The molecule has 8 nitrogen and oxygen atoms in total. The third-order valence-corrected chi connectivity index (χ3v) is 4.56. The highest BCUT2D eigenvalue weighted by Gasteiger charge is 2.15. The molecule has 0 saturated heterocycles. The third kappa shape index (κ3) is 5.16. The van der Waals surface area contributed by atoms with Gasteiger partial charge in [-0.05, 0) is 37.3 Å². The van der Waals surface area contributed by atoms with Crippen molar-refractivity contribution < 1.29 is 19.1 Å². The van der Waals surface area contributed by atoms with Crippen LogP contribution in [0.15, 0.2) is 60.9 Å². The lowest BCUT2D eigenvalue weighted by Gasteiger charge is -2.14. The van der Waals surface area contributed by atoms with Crippen molar-refractivity contribution in [3.63, 3.8) is 0 Å². The number of anilines is 2. The fraction of sp³-hybridized carbons (Fsp3) is 0.227. The summed E-state index contributed by atoms with van der Waals surface area (Å²) in [4.78, 5) is 24.9. The fourth-order valence-electron chi connectivity index (χ4n) is 2.93. The molecule has 2 N–H and O–H groups in total. The summed E-state index contributed by atoms with van der Waals surface area (Å²) >= 11 is 0. The maximum Gasteiger partial charge on any atom is 0.248 e. The molecule has 3 rings (SSSR count). The maximum absolute atomic E-state index is 12.5. The van der Waals surface area contributed by atoms with Crippen molar-refractivity contribution in [1.82, 2.24) is 9.78 Å². The summed E-state index contributed by atoms with van der Waals surface area (Å²) < 4.78 is 12.1. The molecule has 2 aromatic carbocycles. The van der Waals surface area contributed by atoms with Crippen LogP contribution in [0.3, 0.4) is 0 Å². The summed E-state index contributed by atoms with van der Waals surface area (Å²) in [5, 5.41) is 9.77. The van der Waals surface area contributed by atoms with Crippen LogP contribution < -0.4 is 20.1 Å². The molecule has 1 heterocycles. The molecule has 0 bridgehead atoms. The summed E-state index contributed by atoms with van der Waals surface area (Å²) in [7, 11) is 3.12. The van der Waals surface area contributed by atoms with Crippen LogP contribution in [-0.2, 0) is 16.0 Å². The molecule has 8 heteroatoms. The average Bonchev–Trinajstić information content (AvgIpc) is 3.28. The molecule has 0 aliphatic rings. The molecule has 0 saturated carbocycles. The molecule has 30 heavy (non-hydrogen) atoms.